The first-order valence-electron chi connectivity index (χ1n) is 11.7. The first-order chi connectivity index (χ1) is 18.2. The van der Waals surface area contributed by atoms with Gasteiger partial charge < -0.3 is 4.90 Å². The molecule has 4 aromatic rings. The summed E-state index contributed by atoms with van der Waals surface area (Å²) in [5.74, 6) is 0. The van der Waals surface area contributed by atoms with Crippen molar-refractivity contribution in [3.63, 3.8) is 0 Å². The van der Waals surface area contributed by atoms with Gasteiger partial charge in [-0.15, -0.1) is 0 Å². The quantitative estimate of drug-likeness (QED) is 0.188. The summed E-state index contributed by atoms with van der Waals surface area (Å²) < 4.78 is 1.52. The predicted octanol–water partition coefficient (Wildman–Crippen LogP) is 7.04. The molecule has 2 atom stereocenters. The summed E-state index contributed by atoms with van der Waals surface area (Å²) in [6, 6.07) is 21.3. The fraction of sp³-hybridized carbons (Fsp3) is 0.148. The van der Waals surface area contributed by atoms with Crippen LogP contribution in [-0.2, 0) is 0 Å². The van der Waals surface area contributed by atoms with Crippen molar-refractivity contribution >= 4 is 40.3 Å². The van der Waals surface area contributed by atoms with Crippen LogP contribution in [0.3, 0.4) is 0 Å². The van der Waals surface area contributed by atoms with Crippen molar-refractivity contribution < 1.29 is 9.85 Å². The molecule has 1 aromatic heterocycles. The molecule has 0 amide bonds. The molecule has 0 saturated carbocycles. The molecule has 38 heavy (non-hydrogen) atoms. The van der Waals surface area contributed by atoms with E-state index in [4.69, 9.17) is 23.2 Å². The second-order valence-electron chi connectivity index (χ2n) is 8.88. The molecule has 0 aliphatic carbocycles. The number of rotatable bonds is 6. The zero-order valence-electron chi connectivity index (χ0n) is 19.7. The maximum Gasteiger partial charge on any atom is 0.288 e. The van der Waals surface area contributed by atoms with Crippen LogP contribution in [0.5, 0.6) is 0 Å². The van der Waals surface area contributed by atoms with E-state index in [1.807, 2.05) is 24.3 Å². The van der Waals surface area contributed by atoms with Crippen LogP contribution in [0.15, 0.2) is 89.9 Å². The summed E-state index contributed by atoms with van der Waals surface area (Å²) in [7, 11) is 0. The predicted molar refractivity (Wildman–Crippen MR) is 145 cm³/mol. The van der Waals surface area contributed by atoms with Gasteiger partial charge in [0.05, 0.1) is 21.9 Å². The number of aromatic nitrogens is 1. The molecule has 5 rings (SSSR count). The van der Waals surface area contributed by atoms with Crippen LogP contribution in [0.1, 0.15) is 36.1 Å². The number of halogens is 2. The van der Waals surface area contributed by atoms with Gasteiger partial charge in [0.1, 0.15) is 10.0 Å². The highest BCUT2D eigenvalue weighted by atomic mass is 35.5. The smallest absolute Gasteiger partial charge is 0.288 e. The highest BCUT2D eigenvalue weighted by Crippen LogP contribution is 2.48. The average Bonchev–Trinajstić information content (AvgIpc) is 3.34. The molecule has 0 radical (unpaired) electrons. The van der Waals surface area contributed by atoms with E-state index >= 15 is 0 Å². The van der Waals surface area contributed by atoms with Crippen LogP contribution in [-0.4, -0.2) is 14.4 Å². The summed E-state index contributed by atoms with van der Waals surface area (Å²) in [5.41, 5.74) is 2.34. The summed E-state index contributed by atoms with van der Waals surface area (Å²) in [4.78, 5) is 36.5. The van der Waals surface area contributed by atoms with E-state index in [1.165, 1.54) is 34.9 Å². The molecule has 0 bridgehead atoms. The Morgan fingerprint density at radius 1 is 0.711 bits per heavy atom. The van der Waals surface area contributed by atoms with Crippen LogP contribution in [0.2, 0.25) is 10.0 Å². The summed E-state index contributed by atoms with van der Waals surface area (Å²) in [5, 5.41) is 23.2. The summed E-state index contributed by atoms with van der Waals surface area (Å²) in [6.07, 6.45) is 2.96. The van der Waals surface area contributed by atoms with E-state index in [-0.39, 0.29) is 39.1 Å². The number of hydrogen-bond donors (Lipinski definition) is 0. The van der Waals surface area contributed by atoms with Gasteiger partial charge in [0.15, 0.2) is 0 Å². The highest BCUT2D eigenvalue weighted by Gasteiger charge is 2.37. The molecule has 1 fully saturated rings. The van der Waals surface area contributed by atoms with Crippen LogP contribution >= 0.6 is 23.2 Å². The zero-order chi connectivity index (χ0) is 27.0. The minimum Gasteiger partial charge on any atom is -0.357 e. The SMILES string of the molecule is O=c1ccccn1-c1ccc(N2[C@@H](c3ccc(Cl)c([N+](=O)[O-])c3)CC[C@@H]2c2ccc(Cl)c([N+](=O)[O-])c2)cc1. The normalized spacial score (nSPS) is 16.9. The maximum absolute atomic E-state index is 12.3. The summed E-state index contributed by atoms with van der Waals surface area (Å²) >= 11 is 12.1. The fourth-order valence-electron chi connectivity index (χ4n) is 5.01. The van der Waals surface area contributed by atoms with Crippen LogP contribution in [0.4, 0.5) is 17.1 Å². The van der Waals surface area contributed by atoms with Crippen molar-refractivity contribution in [1.82, 2.24) is 4.57 Å². The maximum atomic E-state index is 12.3. The topological polar surface area (TPSA) is 112 Å². The van der Waals surface area contributed by atoms with Crippen molar-refractivity contribution in [2.24, 2.45) is 0 Å². The molecule has 192 valence electrons. The molecule has 1 saturated heterocycles. The molecule has 3 aromatic carbocycles. The second kappa shape index (κ2) is 10.3. The van der Waals surface area contributed by atoms with Crippen molar-refractivity contribution in [3.05, 3.63) is 137 Å². The Labute approximate surface area is 226 Å². The molecule has 0 spiro atoms. The Hall–Kier alpha value is -4.21. The number of nitro groups is 2. The van der Waals surface area contributed by atoms with E-state index in [0.29, 0.717) is 29.7 Å². The van der Waals surface area contributed by atoms with E-state index in [0.717, 1.165) is 5.69 Å². The molecule has 1 aliphatic heterocycles. The van der Waals surface area contributed by atoms with Crippen molar-refractivity contribution in [1.29, 1.82) is 0 Å². The molecule has 0 unspecified atom stereocenters. The number of nitro benzene ring substituents is 2. The van der Waals surface area contributed by atoms with Crippen LogP contribution in [0, 0.1) is 20.2 Å². The molecule has 11 heteroatoms. The van der Waals surface area contributed by atoms with Gasteiger partial charge >= 0.3 is 0 Å². The molecular weight excluding hydrogens is 531 g/mol. The molecule has 1 aliphatic rings. The van der Waals surface area contributed by atoms with E-state index < -0.39 is 9.85 Å². The number of benzene rings is 3. The van der Waals surface area contributed by atoms with Crippen molar-refractivity contribution in [3.8, 4) is 5.69 Å². The summed E-state index contributed by atoms with van der Waals surface area (Å²) in [6.45, 7) is 0. The van der Waals surface area contributed by atoms with Gasteiger partial charge in [-0.2, -0.15) is 0 Å². The first-order valence-corrected chi connectivity index (χ1v) is 12.4. The van der Waals surface area contributed by atoms with Crippen molar-refractivity contribution in [2.75, 3.05) is 4.90 Å². The second-order valence-corrected chi connectivity index (χ2v) is 9.69. The van der Waals surface area contributed by atoms with E-state index in [9.17, 15) is 25.0 Å². The zero-order valence-corrected chi connectivity index (χ0v) is 21.2. The van der Waals surface area contributed by atoms with Gasteiger partial charge in [0, 0.05) is 35.8 Å². The number of nitrogens with zero attached hydrogens (tertiary/aromatic N) is 4. The third-order valence-electron chi connectivity index (χ3n) is 6.74. The lowest BCUT2D eigenvalue weighted by atomic mass is 10.0. The lowest BCUT2D eigenvalue weighted by Gasteiger charge is -2.33. The number of anilines is 1. The number of pyridine rings is 1. The minimum absolute atomic E-state index is 0.0471. The molecule has 9 nitrogen and oxygen atoms in total. The Balaban J connectivity index is 1.61. The van der Waals surface area contributed by atoms with Crippen LogP contribution < -0.4 is 10.5 Å². The van der Waals surface area contributed by atoms with Crippen molar-refractivity contribution in [2.45, 2.75) is 24.9 Å². The van der Waals surface area contributed by atoms with Gasteiger partial charge in [0.2, 0.25) is 0 Å². The standard InChI is InChI=1S/C27H20Cl2N4O5/c28-21-10-4-17(15-25(21)32(35)36)23-12-13-24(18-5-11-22(29)26(16-18)33(37)38)31(23)20-8-6-19(7-9-20)30-14-2-1-3-27(30)34/h1-11,14-16,23-24H,12-13H2/t23-,24-/m1/s1. The lowest BCUT2D eigenvalue weighted by Crippen LogP contribution is -2.26. The monoisotopic (exact) mass is 550 g/mol. The Kier molecular flexibility index (Phi) is 6.88. The Morgan fingerprint density at radius 2 is 1.21 bits per heavy atom. The Bertz CT molecular complexity index is 1530. The first kappa shape index (κ1) is 25.4. The molecule has 2 heterocycles. The molecular formula is C27H20Cl2N4O5. The van der Waals surface area contributed by atoms with E-state index in [2.05, 4.69) is 4.90 Å². The van der Waals surface area contributed by atoms with E-state index in [1.54, 1.807) is 30.5 Å². The van der Waals surface area contributed by atoms with Crippen LogP contribution in [0.25, 0.3) is 5.69 Å². The highest BCUT2D eigenvalue weighted by molar-refractivity contribution is 6.33. The third-order valence-corrected chi connectivity index (χ3v) is 7.38. The molecule has 0 N–H and O–H groups in total. The lowest BCUT2D eigenvalue weighted by molar-refractivity contribution is -0.384. The number of hydrogen-bond acceptors (Lipinski definition) is 6. The average molecular weight is 551 g/mol. The van der Waals surface area contributed by atoms with Gasteiger partial charge in [-0.05, 0) is 66.4 Å². The third kappa shape index (κ3) is 4.73. The fourth-order valence-corrected chi connectivity index (χ4v) is 5.38. The van der Waals surface area contributed by atoms with Gasteiger partial charge in [0.25, 0.3) is 16.9 Å². The van der Waals surface area contributed by atoms with Gasteiger partial charge in [-0.3, -0.25) is 29.6 Å². The minimum atomic E-state index is -0.516. The Morgan fingerprint density at radius 3 is 1.68 bits per heavy atom. The van der Waals surface area contributed by atoms with Gasteiger partial charge in [-0.25, -0.2) is 0 Å². The largest absolute Gasteiger partial charge is 0.357 e. The van der Waals surface area contributed by atoms with Gasteiger partial charge in [-0.1, -0.05) is 41.4 Å².